The van der Waals surface area contributed by atoms with Crippen LogP contribution in [0.4, 0.5) is 0 Å². The molecule has 124 valence electrons. The molecule has 1 heterocycles. The third kappa shape index (κ3) is 2.87. The highest BCUT2D eigenvalue weighted by Crippen LogP contribution is 2.29. The van der Waals surface area contributed by atoms with E-state index in [2.05, 4.69) is 36.9 Å². The van der Waals surface area contributed by atoms with E-state index in [4.69, 9.17) is 0 Å². The fourth-order valence-electron chi connectivity index (χ4n) is 3.34. The second kappa shape index (κ2) is 7.02. The van der Waals surface area contributed by atoms with E-state index in [1.807, 2.05) is 43.4 Å². The Morgan fingerprint density at radius 2 is 1.46 bits per heavy atom. The Labute approximate surface area is 143 Å². The van der Waals surface area contributed by atoms with E-state index in [-0.39, 0.29) is 5.56 Å². The third-order valence-electron chi connectivity index (χ3n) is 4.73. The second-order valence-corrected chi connectivity index (χ2v) is 6.06. The van der Waals surface area contributed by atoms with Gasteiger partial charge in [0.1, 0.15) is 0 Å². The van der Waals surface area contributed by atoms with E-state index < -0.39 is 0 Å². The smallest absolute Gasteiger partial charge is 0.258 e. The van der Waals surface area contributed by atoms with Gasteiger partial charge in [0.2, 0.25) is 0 Å². The van der Waals surface area contributed by atoms with Crippen LogP contribution < -0.4 is 5.56 Å². The normalized spacial score (nSPS) is 11.3. The van der Waals surface area contributed by atoms with Gasteiger partial charge in [0.05, 0.1) is 5.69 Å². The molecular weight excluding hydrogens is 296 g/mol. The Morgan fingerprint density at radius 3 is 2.08 bits per heavy atom. The molecule has 0 spiro atoms. The zero-order valence-corrected chi connectivity index (χ0v) is 14.6. The van der Waals surface area contributed by atoms with Gasteiger partial charge in [-0.25, -0.2) is 0 Å². The zero-order chi connectivity index (χ0) is 17.1. The van der Waals surface area contributed by atoms with Gasteiger partial charge < -0.3 is 4.57 Å². The standard InChI is InChI=1S/C21H24N2O/c1-4-23(5-2)15-19-17-13-9-10-14-18(17)21(24)22(3)20(19)16-11-7-6-8-12-16/h6-14H,4-5,15H2,1-3H3. The van der Waals surface area contributed by atoms with Crippen LogP contribution in [-0.4, -0.2) is 22.6 Å². The third-order valence-corrected chi connectivity index (χ3v) is 4.73. The van der Waals surface area contributed by atoms with Gasteiger partial charge in [0.25, 0.3) is 5.56 Å². The van der Waals surface area contributed by atoms with Crippen LogP contribution in [0.15, 0.2) is 59.4 Å². The largest absolute Gasteiger partial charge is 0.310 e. The number of nitrogens with zero attached hydrogens (tertiary/aromatic N) is 2. The SMILES string of the molecule is CCN(CC)Cc1c(-c2ccccc2)n(C)c(=O)c2ccccc12. The van der Waals surface area contributed by atoms with Crippen molar-refractivity contribution in [3.8, 4) is 11.3 Å². The van der Waals surface area contributed by atoms with Gasteiger partial charge in [-0.15, -0.1) is 0 Å². The molecule has 3 rings (SSSR count). The predicted molar refractivity (Wildman–Crippen MR) is 101 cm³/mol. The average Bonchev–Trinajstić information content (AvgIpc) is 2.64. The summed E-state index contributed by atoms with van der Waals surface area (Å²) >= 11 is 0. The van der Waals surface area contributed by atoms with Crippen molar-refractivity contribution in [2.75, 3.05) is 13.1 Å². The summed E-state index contributed by atoms with van der Waals surface area (Å²) in [6, 6.07) is 18.2. The highest BCUT2D eigenvalue weighted by atomic mass is 16.1. The second-order valence-electron chi connectivity index (χ2n) is 6.06. The van der Waals surface area contributed by atoms with Gasteiger partial charge in [-0.1, -0.05) is 62.4 Å². The quantitative estimate of drug-likeness (QED) is 0.709. The fourth-order valence-corrected chi connectivity index (χ4v) is 3.34. The Morgan fingerprint density at radius 1 is 0.875 bits per heavy atom. The number of aromatic nitrogens is 1. The van der Waals surface area contributed by atoms with Crippen molar-refractivity contribution in [3.05, 3.63) is 70.5 Å². The molecule has 0 amide bonds. The van der Waals surface area contributed by atoms with E-state index in [1.54, 1.807) is 4.57 Å². The van der Waals surface area contributed by atoms with Crippen LogP contribution in [-0.2, 0) is 13.6 Å². The summed E-state index contributed by atoms with van der Waals surface area (Å²) in [5, 5.41) is 1.85. The Bertz CT molecular complexity index is 893. The van der Waals surface area contributed by atoms with Crippen molar-refractivity contribution in [2.24, 2.45) is 7.05 Å². The molecule has 24 heavy (non-hydrogen) atoms. The average molecular weight is 320 g/mol. The molecule has 0 fully saturated rings. The lowest BCUT2D eigenvalue weighted by atomic mass is 9.98. The molecule has 1 aromatic heterocycles. The molecule has 0 aliphatic heterocycles. The van der Waals surface area contributed by atoms with Crippen LogP contribution in [0.1, 0.15) is 19.4 Å². The lowest BCUT2D eigenvalue weighted by Crippen LogP contribution is -2.26. The van der Waals surface area contributed by atoms with Crippen molar-refractivity contribution < 1.29 is 0 Å². The van der Waals surface area contributed by atoms with E-state index in [9.17, 15) is 4.79 Å². The van der Waals surface area contributed by atoms with Crippen LogP contribution in [0.25, 0.3) is 22.0 Å². The topological polar surface area (TPSA) is 25.2 Å². The molecule has 3 nitrogen and oxygen atoms in total. The van der Waals surface area contributed by atoms with Gasteiger partial charge in [0, 0.05) is 19.0 Å². The number of pyridine rings is 1. The van der Waals surface area contributed by atoms with Crippen molar-refractivity contribution in [2.45, 2.75) is 20.4 Å². The van der Waals surface area contributed by atoms with E-state index >= 15 is 0 Å². The minimum absolute atomic E-state index is 0.0627. The minimum atomic E-state index is 0.0627. The van der Waals surface area contributed by atoms with Gasteiger partial charge in [-0.2, -0.15) is 0 Å². The van der Waals surface area contributed by atoms with Crippen LogP contribution in [0.3, 0.4) is 0 Å². The number of hydrogen-bond donors (Lipinski definition) is 0. The molecule has 0 saturated heterocycles. The number of fused-ring (bicyclic) bond motifs is 1. The van der Waals surface area contributed by atoms with E-state index in [1.165, 1.54) is 5.56 Å². The summed E-state index contributed by atoms with van der Waals surface area (Å²) in [7, 11) is 1.88. The van der Waals surface area contributed by atoms with Gasteiger partial charge in [-0.3, -0.25) is 9.69 Å². The van der Waals surface area contributed by atoms with Crippen molar-refractivity contribution >= 4 is 10.8 Å². The summed E-state index contributed by atoms with van der Waals surface area (Å²) in [5.74, 6) is 0. The molecule has 2 aromatic carbocycles. The van der Waals surface area contributed by atoms with Gasteiger partial charge in [0.15, 0.2) is 0 Å². The van der Waals surface area contributed by atoms with Crippen LogP contribution in [0.2, 0.25) is 0 Å². The molecule has 0 saturated carbocycles. The molecule has 3 heteroatoms. The first kappa shape index (κ1) is 16.5. The minimum Gasteiger partial charge on any atom is -0.310 e. The Balaban J connectivity index is 2.36. The number of rotatable bonds is 5. The molecule has 0 N–H and O–H groups in total. The van der Waals surface area contributed by atoms with Crippen molar-refractivity contribution in [1.29, 1.82) is 0 Å². The van der Waals surface area contributed by atoms with Crippen molar-refractivity contribution in [3.63, 3.8) is 0 Å². The lowest BCUT2D eigenvalue weighted by Gasteiger charge is -2.23. The summed E-state index contributed by atoms with van der Waals surface area (Å²) in [5.41, 5.74) is 3.39. The first-order valence-electron chi connectivity index (χ1n) is 8.55. The monoisotopic (exact) mass is 320 g/mol. The molecule has 0 unspecified atom stereocenters. The maximum atomic E-state index is 12.8. The molecule has 3 aromatic rings. The van der Waals surface area contributed by atoms with E-state index in [0.717, 1.165) is 41.7 Å². The highest BCUT2D eigenvalue weighted by Gasteiger charge is 2.17. The first-order chi connectivity index (χ1) is 11.7. The molecule has 0 aliphatic rings. The Kier molecular flexibility index (Phi) is 4.81. The van der Waals surface area contributed by atoms with Gasteiger partial charge >= 0.3 is 0 Å². The maximum Gasteiger partial charge on any atom is 0.258 e. The number of benzene rings is 2. The first-order valence-corrected chi connectivity index (χ1v) is 8.55. The zero-order valence-electron chi connectivity index (χ0n) is 14.6. The molecule has 0 bridgehead atoms. The highest BCUT2D eigenvalue weighted by molar-refractivity contribution is 5.89. The summed E-state index contributed by atoms with van der Waals surface area (Å²) in [6.07, 6.45) is 0. The fraction of sp³-hybridized carbons (Fsp3) is 0.286. The summed E-state index contributed by atoms with van der Waals surface area (Å²) in [6.45, 7) is 7.17. The van der Waals surface area contributed by atoms with Crippen LogP contribution >= 0.6 is 0 Å². The van der Waals surface area contributed by atoms with Gasteiger partial charge in [-0.05, 0) is 35.7 Å². The van der Waals surface area contributed by atoms with Crippen molar-refractivity contribution in [1.82, 2.24) is 9.47 Å². The maximum absolute atomic E-state index is 12.8. The molecular formula is C21H24N2O. The Hall–Kier alpha value is -2.39. The molecule has 0 atom stereocenters. The lowest BCUT2D eigenvalue weighted by molar-refractivity contribution is 0.296. The molecule has 0 radical (unpaired) electrons. The van der Waals surface area contributed by atoms with E-state index in [0.29, 0.717) is 0 Å². The predicted octanol–water partition coefficient (Wildman–Crippen LogP) is 4.05. The molecule has 0 aliphatic carbocycles. The number of hydrogen-bond acceptors (Lipinski definition) is 2. The van der Waals surface area contributed by atoms with Crippen LogP contribution in [0, 0.1) is 0 Å². The summed E-state index contributed by atoms with van der Waals surface area (Å²) < 4.78 is 1.80. The summed E-state index contributed by atoms with van der Waals surface area (Å²) in [4.78, 5) is 15.2. The van der Waals surface area contributed by atoms with Crippen LogP contribution in [0.5, 0.6) is 0 Å².